The zero-order chi connectivity index (χ0) is 16.5. The van der Waals surface area contributed by atoms with Crippen LogP contribution >= 0.6 is 0 Å². The Hall–Kier alpha value is -3.20. The molecule has 0 saturated carbocycles. The lowest BCUT2D eigenvalue weighted by atomic mass is 9.98. The van der Waals surface area contributed by atoms with Crippen molar-refractivity contribution in [1.29, 1.82) is 5.26 Å². The number of aryl methyl sites for hydroxylation is 1. The normalized spacial score (nSPS) is 15.8. The molecule has 3 heterocycles. The molecule has 3 aromatic rings. The average Bonchev–Trinajstić information content (AvgIpc) is 3.16. The summed E-state index contributed by atoms with van der Waals surface area (Å²) in [5, 5.41) is 13.5. The van der Waals surface area contributed by atoms with E-state index in [2.05, 4.69) is 21.1 Å². The topological polar surface area (TPSA) is 76.6 Å². The Kier molecular flexibility index (Phi) is 3.47. The summed E-state index contributed by atoms with van der Waals surface area (Å²) in [7, 11) is 0. The molecule has 24 heavy (non-hydrogen) atoms. The van der Waals surface area contributed by atoms with Crippen molar-refractivity contribution in [3.8, 4) is 23.2 Å². The van der Waals surface area contributed by atoms with Gasteiger partial charge in [-0.2, -0.15) is 10.4 Å². The second-order valence-corrected chi connectivity index (χ2v) is 5.80. The van der Waals surface area contributed by atoms with E-state index in [9.17, 15) is 0 Å². The van der Waals surface area contributed by atoms with Gasteiger partial charge in [-0.05, 0) is 36.2 Å². The van der Waals surface area contributed by atoms with Gasteiger partial charge in [-0.15, -0.1) is 0 Å². The van der Waals surface area contributed by atoms with E-state index < -0.39 is 0 Å². The van der Waals surface area contributed by atoms with Crippen LogP contribution in [0.3, 0.4) is 0 Å². The third-order valence-electron chi connectivity index (χ3n) is 4.21. The number of fused-ring (bicyclic) bond motifs is 1. The first-order valence-corrected chi connectivity index (χ1v) is 7.74. The minimum Gasteiger partial charge on any atom is -0.458 e. The summed E-state index contributed by atoms with van der Waals surface area (Å²) in [5.74, 6) is 0. The Morgan fingerprint density at radius 3 is 2.83 bits per heavy atom. The van der Waals surface area contributed by atoms with Crippen LogP contribution < -0.4 is 4.74 Å². The molecule has 0 saturated heterocycles. The summed E-state index contributed by atoms with van der Waals surface area (Å²) in [6.07, 6.45) is 5.96. The van der Waals surface area contributed by atoms with Crippen molar-refractivity contribution >= 4 is 0 Å². The highest BCUT2D eigenvalue weighted by molar-refractivity contribution is 5.70. The zero-order valence-corrected chi connectivity index (χ0v) is 13.2. The quantitative estimate of drug-likeness (QED) is 0.742. The molecule has 0 spiro atoms. The molecule has 0 radical (unpaired) electrons. The molecule has 6 nitrogen and oxygen atoms in total. The third kappa shape index (κ3) is 2.50. The Morgan fingerprint density at radius 1 is 1.25 bits per heavy atom. The van der Waals surface area contributed by atoms with Crippen molar-refractivity contribution < 1.29 is 4.74 Å². The molecule has 0 aliphatic carbocycles. The standard InChI is InChI=1S/C18H15N5O/c1-12-7-13(9-19)3-4-15(12)16-10-22-23-11-14(8-17(16)23)24-18-20-5-2-6-21-18/h2-7,10,14H,8,11H2,1H3/t14-/m1/s1. The summed E-state index contributed by atoms with van der Waals surface area (Å²) >= 11 is 0. The SMILES string of the molecule is Cc1cc(C#N)ccc1-c1cnn2c1C[C@@H](Oc1ncccn1)C2. The van der Waals surface area contributed by atoms with Crippen molar-refractivity contribution in [3.63, 3.8) is 0 Å². The monoisotopic (exact) mass is 317 g/mol. The van der Waals surface area contributed by atoms with Gasteiger partial charge in [0.1, 0.15) is 6.10 Å². The van der Waals surface area contributed by atoms with Crippen LogP contribution in [0.1, 0.15) is 16.8 Å². The van der Waals surface area contributed by atoms with Crippen LogP contribution in [0, 0.1) is 18.3 Å². The molecule has 0 unspecified atom stereocenters. The summed E-state index contributed by atoms with van der Waals surface area (Å²) < 4.78 is 7.82. The largest absolute Gasteiger partial charge is 0.458 e. The fourth-order valence-corrected chi connectivity index (χ4v) is 3.09. The van der Waals surface area contributed by atoms with Crippen molar-refractivity contribution in [2.24, 2.45) is 0 Å². The van der Waals surface area contributed by atoms with Crippen LogP contribution in [0.2, 0.25) is 0 Å². The molecule has 0 bridgehead atoms. The minimum atomic E-state index is -0.0199. The maximum atomic E-state index is 9.02. The fourth-order valence-electron chi connectivity index (χ4n) is 3.09. The second kappa shape index (κ2) is 5.78. The maximum Gasteiger partial charge on any atom is 0.316 e. The van der Waals surface area contributed by atoms with E-state index in [1.165, 1.54) is 0 Å². The molecular formula is C18H15N5O. The van der Waals surface area contributed by atoms with E-state index in [0.717, 1.165) is 28.8 Å². The lowest BCUT2D eigenvalue weighted by molar-refractivity contribution is 0.182. The molecule has 0 fully saturated rings. The number of nitrogens with zero attached hydrogens (tertiary/aromatic N) is 5. The second-order valence-electron chi connectivity index (χ2n) is 5.80. The molecule has 118 valence electrons. The van der Waals surface area contributed by atoms with Crippen molar-refractivity contribution in [3.05, 3.63) is 59.7 Å². The van der Waals surface area contributed by atoms with Gasteiger partial charge in [0.25, 0.3) is 0 Å². The van der Waals surface area contributed by atoms with Crippen LogP contribution in [0.15, 0.2) is 42.9 Å². The average molecular weight is 317 g/mol. The first kappa shape index (κ1) is 14.4. The molecule has 4 rings (SSSR count). The predicted molar refractivity (Wildman–Crippen MR) is 87.3 cm³/mol. The van der Waals surface area contributed by atoms with Crippen molar-refractivity contribution in [2.45, 2.75) is 26.0 Å². The molecule has 1 aliphatic heterocycles. The van der Waals surface area contributed by atoms with Crippen LogP contribution in [0.25, 0.3) is 11.1 Å². The van der Waals surface area contributed by atoms with Gasteiger partial charge in [-0.25, -0.2) is 9.97 Å². The number of hydrogen-bond donors (Lipinski definition) is 0. The van der Waals surface area contributed by atoms with Crippen LogP contribution in [-0.4, -0.2) is 25.9 Å². The third-order valence-corrected chi connectivity index (χ3v) is 4.21. The number of nitriles is 1. The molecule has 0 N–H and O–H groups in total. The fraction of sp³-hybridized carbons (Fsp3) is 0.222. The van der Waals surface area contributed by atoms with Gasteiger partial charge < -0.3 is 4.74 Å². The minimum absolute atomic E-state index is 0.0199. The Morgan fingerprint density at radius 2 is 2.08 bits per heavy atom. The molecule has 1 aliphatic rings. The van der Waals surface area contributed by atoms with Gasteiger partial charge in [-0.3, -0.25) is 4.68 Å². The lowest BCUT2D eigenvalue weighted by Crippen LogP contribution is -2.19. The van der Waals surface area contributed by atoms with Gasteiger partial charge in [-0.1, -0.05) is 6.07 Å². The Bertz CT molecular complexity index is 926. The summed E-state index contributed by atoms with van der Waals surface area (Å²) in [6.45, 7) is 2.70. The van der Waals surface area contributed by atoms with Crippen molar-refractivity contribution in [1.82, 2.24) is 19.7 Å². The van der Waals surface area contributed by atoms with Crippen molar-refractivity contribution in [2.75, 3.05) is 0 Å². The van der Waals surface area contributed by atoms with Gasteiger partial charge in [0, 0.05) is 24.4 Å². The Balaban J connectivity index is 1.60. The number of benzene rings is 1. The molecule has 2 aromatic heterocycles. The molecule has 0 amide bonds. The highest BCUT2D eigenvalue weighted by Crippen LogP contribution is 2.31. The molecular weight excluding hydrogens is 302 g/mol. The van der Waals surface area contributed by atoms with E-state index in [-0.39, 0.29) is 6.10 Å². The molecule has 1 aromatic carbocycles. The smallest absolute Gasteiger partial charge is 0.316 e. The van der Waals surface area contributed by atoms with Gasteiger partial charge in [0.05, 0.1) is 30.1 Å². The van der Waals surface area contributed by atoms with Gasteiger partial charge in [0.2, 0.25) is 0 Å². The maximum absolute atomic E-state index is 9.02. The van der Waals surface area contributed by atoms with Crippen LogP contribution in [0.4, 0.5) is 0 Å². The van der Waals surface area contributed by atoms with Gasteiger partial charge >= 0.3 is 6.01 Å². The predicted octanol–water partition coefficient (Wildman–Crippen LogP) is 2.52. The van der Waals surface area contributed by atoms with E-state index in [1.807, 2.05) is 36.0 Å². The number of ether oxygens (including phenoxy) is 1. The lowest BCUT2D eigenvalue weighted by Gasteiger charge is -2.10. The van der Waals surface area contributed by atoms with E-state index in [4.69, 9.17) is 10.00 Å². The number of hydrogen-bond acceptors (Lipinski definition) is 5. The van der Waals surface area contributed by atoms with Crippen LogP contribution in [0.5, 0.6) is 6.01 Å². The molecule has 1 atom stereocenters. The number of rotatable bonds is 3. The van der Waals surface area contributed by atoms with Gasteiger partial charge in [0.15, 0.2) is 0 Å². The van der Waals surface area contributed by atoms with Crippen LogP contribution in [-0.2, 0) is 13.0 Å². The summed E-state index contributed by atoms with van der Waals surface area (Å²) in [6, 6.07) is 10.1. The number of aromatic nitrogens is 4. The highest BCUT2D eigenvalue weighted by atomic mass is 16.5. The molecule has 6 heteroatoms. The van der Waals surface area contributed by atoms with E-state index in [0.29, 0.717) is 18.1 Å². The first-order chi connectivity index (χ1) is 11.7. The summed E-state index contributed by atoms with van der Waals surface area (Å²) in [5.41, 5.74) is 5.08. The van der Waals surface area contributed by atoms with E-state index >= 15 is 0 Å². The Labute approximate surface area is 139 Å². The first-order valence-electron chi connectivity index (χ1n) is 7.74. The highest BCUT2D eigenvalue weighted by Gasteiger charge is 2.28. The van der Waals surface area contributed by atoms with E-state index in [1.54, 1.807) is 18.5 Å². The summed E-state index contributed by atoms with van der Waals surface area (Å²) in [4.78, 5) is 8.22. The zero-order valence-electron chi connectivity index (χ0n) is 13.2.